The third kappa shape index (κ3) is 2.62. The molecule has 2 atom stereocenters. The lowest BCUT2D eigenvalue weighted by Gasteiger charge is -2.22. The fourth-order valence-corrected chi connectivity index (χ4v) is 3.51. The first kappa shape index (κ1) is 17.0. The summed E-state index contributed by atoms with van der Waals surface area (Å²) in [7, 11) is 0. The highest BCUT2D eigenvalue weighted by Crippen LogP contribution is 2.38. The molecule has 4 aromatic rings. The Balaban J connectivity index is 1.46. The van der Waals surface area contributed by atoms with Crippen molar-refractivity contribution in [2.24, 2.45) is 0 Å². The number of anilines is 3. The van der Waals surface area contributed by atoms with Gasteiger partial charge in [-0.1, -0.05) is 6.07 Å². The van der Waals surface area contributed by atoms with Crippen LogP contribution in [0.25, 0.3) is 16.7 Å². The van der Waals surface area contributed by atoms with Crippen LogP contribution in [-0.2, 0) is 0 Å². The number of nitrogens with zero attached hydrogens (tertiary/aromatic N) is 4. The van der Waals surface area contributed by atoms with Crippen molar-refractivity contribution in [3.05, 3.63) is 36.4 Å². The molecule has 11 heteroatoms. The predicted octanol–water partition coefficient (Wildman–Crippen LogP) is 2.26. The Labute approximate surface area is 168 Å². The van der Waals surface area contributed by atoms with Crippen molar-refractivity contribution in [2.45, 2.75) is 18.6 Å². The molecule has 1 saturated carbocycles. The zero-order chi connectivity index (χ0) is 20.2. The van der Waals surface area contributed by atoms with E-state index in [4.69, 9.17) is 9.15 Å². The van der Waals surface area contributed by atoms with Gasteiger partial charge in [0.05, 0.1) is 24.5 Å². The monoisotopic (exact) mass is 409 g/mol. The van der Waals surface area contributed by atoms with E-state index in [0.29, 0.717) is 59.4 Å². The highest BCUT2D eigenvalue weighted by atomic mass is 19.1. The molecule has 0 saturated heterocycles. The molecule has 3 aromatic heterocycles. The molecule has 1 fully saturated rings. The average Bonchev–Trinajstić information content (AvgIpc) is 3.14. The molecule has 0 spiro atoms. The third-order valence-corrected chi connectivity index (χ3v) is 5.13. The molecule has 2 aliphatic rings. The van der Waals surface area contributed by atoms with Crippen molar-refractivity contribution in [3.63, 3.8) is 0 Å². The molecule has 10 nitrogen and oxygen atoms in total. The average molecular weight is 409 g/mol. The van der Waals surface area contributed by atoms with Crippen LogP contribution in [0.4, 0.5) is 21.7 Å². The number of ether oxygens (including phenoxy) is 1. The number of rotatable bonds is 4. The topological polar surface area (TPSA) is 119 Å². The van der Waals surface area contributed by atoms with Gasteiger partial charge < -0.3 is 25.1 Å². The fourth-order valence-electron chi connectivity index (χ4n) is 3.51. The number of carbonyl (C=O) groups is 1. The lowest BCUT2D eigenvalue weighted by atomic mass is 10.2. The Kier molecular flexibility index (Phi) is 3.58. The maximum absolute atomic E-state index is 13.2. The van der Waals surface area contributed by atoms with E-state index in [1.54, 1.807) is 0 Å². The van der Waals surface area contributed by atoms with Crippen molar-refractivity contribution in [2.75, 3.05) is 23.8 Å². The quantitative estimate of drug-likeness (QED) is 0.470. The molecule has 3 N–H and O–H groups in total. The van der Waals surface area contributed by atoms with Gasteiger partial charge in [0.25, 0.3) is 5.91 Å². The number of hydrogen-bond donors (Lipinski definition) is 3. The summed E-state index contributed by atoms with van der Waals surface area (Å²) in [6.45, 7) is 1.04. The summed E-state index contributed by atoms with van der Waals surface area (Å²) in [5.41, 5.74) is 2.54. The molecule has 0 bridgehead atoms. The molecule has 4 heterocycles. The van der Waals surface area contributed by atoms with Crippen molar-refractivity contribution in [1.82, 2.24) is 24.9 Å². The number of fused-ring (bicyclic) bond motifs is 4. The van der Waals surface area contributed by atoms with Gasteiger partial charge in [0.15, 0.2) is 29.3 Å². The van der Waals surface area contributed by atoms with Crippen molar-refractivity contribution in [1.29, 1.82) is 0 Å². The van der Waals surface area contributed by atoms with Crippen LogP contribution in [0.2, 0.25) is 0 Å². The number of carbonyl (C=O) groups excluding carboxylic acids is 1. The van der Waals surface area contributed by atoms with Crippen LogP contribution in [0.1, 0.15) is 16.8 Å². The van der Waals surface area contributed by atoms with Gasteiger partial charge in [-0.3, -0.25) is 4.79 Å². The number of para-hydroxylation sites is 1. The van der Waals surface area contributed by atoms with E-state index >= 15 is 0 Å². The first-order chi connectivity index (χ1) is 14.7. The number of aromatic nitrogens is 4. The second-order valence-electron chi connectivity index (χ2n) is 7.17. The van der Waals surface area contributed by atoms with Gasteiger partial charge >= 0.3 is 0 Å². The first-order valence-corrected chi connectivity index (χ1v) is 9.51. The highest BCUT2D eigenvalue weighted by molar-refractivity contribution is 6.01. The standard InChI is InChI=1S/C19H16FN7O3/c20-10-6-12(10)25-19(28)9-7-23-27-17(9)26-16(15-18(27)21-4-5-29-15)24-11-2-1-3-13-14(11)22-8-30-13/h1-3,7-8,10,12,21H,4-6H2,(H,24,26)(H,25,28)/t10-,12+/m0/s1. The SMILES string of the molecule is O=C(N[C@@H]1C[C@@H]1F)c1cnn2c3c(c(Nc4cccc5ocnc45)nc12)OCCN3. The van der Waals surface area contributed by atoms with Gasteiger partial charge in [-0.15, -0.1) is 0 Å². The summed E-state index contributed by atoms with van der Waals surface area (Å²) in [6.07, 6.45) is 2.13. The maximum atomic E-state index is 13.2. The van der Waals surface area contributed by atoms with Crippen molar-refractivity contribution in [3.8, 4) is 5.75 Å². The van der Waals surface area contributed by atoms with E-state index in [1.165, 1.54) is 17.1 Å². The van der Waals surface area contributed by atoms with Crippen LogP contribution in [0.3, 0.4) is 0 Å². The van der Waals surface area contributed by atoms with E-state index in [1.807, 2.05) is 18.2 Å². The van der Waals surface area contributed by atoms with Gasteiger partial charge in [-0.25, -0.2) is 14.4 Å². The normalized spacial score (nSPS) is 19.8. The molecule has 0 unspecified atom stereocenters. The smallest absolute Gasteiger partial charge is 0.257 e. The number of alkyl halides is 1. The Bertz CT molecular complexity index is 1300. The minimum atomic E-state index is -0.994. The summed E-state index contributed by atoms with van der Waals surface area (Å²) < 4.78 is 25.9. The second-order valence-corrected chi connectivity index (χ2v) is 7.17. The minimum Gasteiger partial charge on any atom is -0.485 e. The molecule has 152 valence electrons. The Morgan fingerprint density at radius 1 is 1.37 bits per heavy atom. The van der Waals surface area contributed by atoms with Gasteiger partial charge in [0.2, 0.25) is 5.75 Å². The van der Waals surface area contributed by atoms with Crippen LogP contribution in [0.5, 0.6) is 5.75 Å². The molecule has 1 aliphatic heterocycles. The molecule has 6 rings (SSSR count). The van der Waals surface area contributed by atoms with Crippen LogP contribution >= 0.6 is 0 Å². The first-order valence-electron chi connectivity index (χ1n) is 9.51. The van der Waals surface area contributed by atoms with Gasteiger partial charge in [0.1, 0.15) is 23.9 Å². The summed E-state index contributed by atoms with van der Waals surface area (Å²) >= 11 is 0. The summed E-state index contributed by atoms with van der Waals surface area (Å²) in [5.74, 6) is 1.05. The lowest BCUT2D eigenvalue weighted by Crippen LogP contribution is -2.27. The fraction of sp³-hybridized carbons (Fsp3) is 0.263. The van der Waals surface area contributed by atoms with E-state index < -0.39 is 18.1 Å². The highest BCUT2D eigenvalue weighted by Gasteiger charge is 2.39. The van der Waals surface area contributed by atoms with Crippen LogP contribution < -0.4 is 20.7 Å². The number of amides is 1. The van der Waals surface area contributed by atoms with Crippen LogP contribution in [-0.4, -0.2) is 50.9 Å². The molecule has 1 aromatic carbocycles. The number of hydrogen-bond acceptors (Lipinski definition) is 8. The van der Waals surface area contributed by atoms with Crippen LogP contribution in [0, 0.1) is 0 Å². The number of benzene rings is 1. The molecule has 1 aliphatic carbocycles. The summed E-state index contributed by atoms with van der Waals surface area (Å²) in [5, 5.41) is 13.4. The number of halogens is 1. The zero-order valence-corrected chi connectivity index (χ0v) is 15.6. The zero-order valence-electron chi connectivity index (χ0n) is 15.6. The Morgan fingerprint density at radius 3 is 3.13 bits per heavy atom. The summed E-state index contributed by atoms with van der Waals surface area (Å²) in [6, 6.07) is 5.04. The predicted molar refractivity (Wildman–Crippen MR) is 105 cm³/mol. The van der Waals surface area contributed by atoms with Crippen LogP contribution in [0.15, 0.2) is 35.2 Å². The van der Waals surface area contributed by atoms with E-state index in [-0.39, 0.29) is 5.56 Å². The minimum absolute atomic E-state index is 0.256. The Morgan fingerprint density at radius 2 is 2.27 bits per heavy atom. The second kappa shape index (κ2) is 6.31. The van der Waals surface area contributed by atoms with Gasteiger partial charge in [0, 0.05) is 6.42 Å². The van der Waals surface area contributed by atoms with E-state index in [0.717, 1.165) is 0 Å². The largest absolute Gasteiger partial charge is 0.485 e. The van der Waals surface area contributed by atoms with Gasteiger partial charge in [-0.05, 0) is 12.1 Å². The maximum Gasteiger partial charge on any atom is 0.257 e. The number of oxazole rings is 1. The Hall–Kier alpha value is -3.89. The number of nitrogens with one attached hydrogen (secondary N) is 3. The molecule has 1 amide bonds. The molecule has 30 heavy (non-hydrogen) atoms. The van der Waals surface area contributed by atoms with Crippen molar-refractivity contribution < 1.29 is 18.3 Å². The molecule has 0 radical (unpaired) electrons. The van der Waals surface area contributed by atoms with E-state index in [9.17, 15) is 9.18 Å². The van der Waals surface area contributed by atoms with E-state index in [2.05, 4.69) is 31.0 Å². The lowest BCUT2D eigenvalue weighted by molar-refractivity contribution is 0.0949. The summed E-state index contributed by atoms with van der Waals surface area (Å²) in [4.78, 5) is 21.5. The van der Waals surface area contributed by atoms with Gasteiger partial charge in [-0.2, -0.15) is 9.61 Å². The van der Waals surface area contributed by atoms with Crippen molar-refractivity contribution >= 4 is 40.0 Å². The third-order valence-electron chi connectivity index (χ3n) is 5.13. The molecular formula is C19H16FN7O3. The molecular weight excluding hydrogens is 393 g/mol.